The lowest BCUT2D eigenvalue weighted by Crippen LogP contribution is -2.27. The Kier molecular flexibility index (Phi) is 4.47. The predicted molar refractivity (Wildman–Crippen MR) is 84.6 cm³/mol. The molecule has 0 amide bonds. The lowest BCUT2D eigenvalue weighted by molar-refractivity contribution is 0.0601. The van der Waals surface area contributed by atoms with E-state index in [-0.39, 0.29) is 0 Å². The first-order valence-corrected chi connectivity index (χ1v) is 6.61. The number of nitrogens with two attached hydrogens (primary N) is 2. The van der Waals surface area contributed by atoms with Crippen LogP contribution in [-0.4, -0.2) is 22.6 Å². The first-order chi connectivity index (χ1) is 10.4. The monoisotopic (exact) mass is 301 g/mol. The lowest BCUT2D eigenvalue weighted by atomic mass is 10.1. The molecule has 0 aliphatic rings. The van der Waals surface area contributed by atoms with Crippen LogP contribution >= 0.6 is 0 Å². The average Bonchev–Trinajstić information content (AvgIpc) is 2.93. The molecule has 0 aliphatic heterocycles. The predicted octanol–water partition coefficient (Wildman–Crippen LogP) is 1.15. The summed E-state index contributed by atoms with van der Waals surface area (Å²) in [5.41, 5.74) is 9.24. The van der Waals surface area contributed by atoms with Gasteiger partial charge in [0.2, 0.25) is 0 Å². The standard InChI is InChI=1S/C15H19N5O2/c1-10-4-5-11(15(21)22-3)6-13(10)20(17)8-12(16)14-7-18-9-19(14)2/h4-9H,16-17H2,1-3H3/b12-8-. The number of nitrogens with zero attached hydrogens (tertiary/aromatic N) is 3. The number of imidazole rings is 1. The molecule has 0 unspecified atom stereocenters. The van der Waals surface area contributed by atoms with Crippen molar-refractivity contribution in [2.45, 2.75) is 6.92 Å². The molecule has 22 heavy (non-hydrogen) atoms. The number of carbonyl (C=O) groups is 1. The Morgan fingerprint density at radius 1 is 1.45 bits per heavy atom. The Balaban J connectivity index is 2.35. The molecule has 0 bridgehead atoms. The quantitative estimate of drug-likeness (QED) is 0.499. The van der Waals surface area contributed by atoms with Crippen LogP contribution in [0.15, 0.2) is 36.9 Å². The van der Waals surface area contributed by atoms with Crippen LogP contribution < -0.4 is 16.6 Å². The van der Waals surface area contributed by atoms with Gasteiger partial charge in [0, 0.05) is 13.2 Å². The molecule has 2 aromatic rings. The number of hydrazine groups is 1. The molecule has 0 spiro atoms. The Labute approximate surface area is 128 Å². The number of anilines is 1. The van der Waals surface area contributed by atoms with Crippen molar-refractivity contribution < 1.29 is 9.53 Å². The second-order valence-electron chi connectivity index (χ2n) is 4.87. The summed E-state index contributed by atoms with van der Waals surface area (Å²) in [6.07, 6.45) is 4.89. The number of ether oxygens (including phenoxy) is 1. The summed E-state index contributed by atoms with van der Waals surface area (Å²) in [6, 6.07) is 5.15. The summed E-state index contributed by atoms with van der Waals surface area (Å²) in [5.74, 6) is 5.64. The highest BCUT2D eigenvalue weighted by atomic mass is 16.5. The van der Waals surface area contributed by atoms with E-state index >= 15 is 0 Å². The molecule has 7 heteroatoms. The molecule has 0 fully saturated rings. The maximum atomic E-state index is 11.6. The maximum Gasteiger partial charge on any atom is 0.337 e. The van der Waals surface area contributed by atoms with Crippen molar-refractivity contribution in [3.63, 3.8) is 0 Å². The fourth-order valence-corrected chi connectivity index (χ4v) is 2.05. The van der Waals surface area contributed by atoms with Gasteiger partial charge in [-0.3, -0.25) is 5.01 Å². The van der Waals surface area contributed by atoms with E-state index in [0.717, 1.165) is 11.3 Å². The van der Waals surface area contributed by atoms with Crippen LogP contribution in [0.3, 0.4) is 0 Å². The Bertz CT molecular complexity index is 720. The van der Waals surface area contributed by atoms with Crippen LogP contribution in [0.4, 0.5) is 5.69 Å². The van der Waals surface area contributed by atoms with E-state index in [1.165, 1.54) is 12.1 Å². The van der Waals surface area contributed by atoms with E-state index in [1.807, 2.05) is 14.0 Å². The third-order valence-corrected chi connectivity index (χ3v) is 3.30. The normalized spacial score (nSPS) is 11.4. The van der Waals surface area contributed by atoms with Crippen LogP contribution in [0.2, 0.25) is 0 Å². The van der Waals surface area contributed by atoms with Gasteiger partial charge in [0.05, 0.1) is 42.3 Å². The number of hydrogen-bond donors (Lipinski definition) is 2. The van der Waals surface area contributed by atoms with Gasteiger partial charge in [0.25, 0.3) is 0 Å². The molecule has 2 rings (SSSR count). The number of methoxy groups -OCH3 is 1. The molecule has 7 nitrogen and oxygen atoms in total. The van der Waals surface area contributed by atoms with Crippen molar-refractivity contribution in [2.24, 2.45) is 18.6 Å². The van der Waals surface area contributed by atoms with Gasteiger partial charge in [0.1, 0.15) is 0 Å². The van der Waals surface area contributed by atoms with E-state index in [9.17, 15) is 4.79 Å². The van der Waals surface area contributed by atoms with E-state index in [0.29, 0.717) is 16.9 Å². The lowest BCUT2D eigenvalue weighted by Gasteiger charge is -2.18. The number of benzene rings is 1. The van der Waals surface area contributed by atoms with Gasteiger partial charge in [-0.15, -0.1) is 0 Å². The van der Waals surface area contributed by atoms with Crippen LogP contribution in [0.1, 0.15) is 21.6 Å². The van der Waals surface area contributed by atoms with E-state index in [2.05, 4.69) is 4.98 Å². The topological polar surface area (TPSA) is 99.4 Å². The van der Waals surface area contributed by atoms with Crippen LogP contribution in [0, 0.1) is 6.92 Å². The summed E-state index contributed by atoms with van der Waals surface area (Å²) in [6.45, 7) is 1.89. The second-order valence-corrected chi connectivity index (χ2v) is 4.87. The van der Waals surface area contributed by atoms with Gasteiger partial charge < -0.3 is 15.0 Å². The molecule has 0 aliphatic carbocycles. The van der Waals surface area contributed by atoms with Crippen molar-refractivity contribution in [2.75, 3.05) is 12.1 Å². The minimum Gasteiger partial charge on any atom is -0.465 e. The highest BCUT2D eigenvalue weighted by Gasteiger charge is 2.11. The highest BCUT2D eigenvalue weighted by Crippen LogP contribution is 2.21. The maximum absolute atomic E-state index is 11.6. The van der Waals surface area contributed by atoms with Crippen LogP contribution in [0.5, 0.6) is 0 Å². The summed E-state index contributed by atoms with van der Waals surface area (Å²) in [4.78, 5) is 15.6. The molecular formula is C15H19N5O2. The fourth-order valence-electron chi connectivity index (χ4n) is 2.05. The number of esters is 1. The van der Waals surface area contributed by atoms with Gasteiger partial charge in [-0.05, 0) is 24.6 Å². The molecule has 1 aromatic heterocycles. The average molecular weight is 301 g/mol. The molecule has 4 N–H and O–H groups in total. The summed E-state index contributed by atoms with van der Waals surface area (Å²) in [5, 5.41) is 1.38. The summed E-state index contributed by atoms with van der Waals surface area (Å²) >= 11 is 0. The van der Waals surface area contributed by atoms with Crippen molar-refractivity contribution in [3.8, 4) is 0 Å². The second kappa shape index (κ2) is 6.31. The van der Waals surface area contributed by atoms with Crippen molar-refractivity contribution in [1.82, 2.24) is 9.55 Å². The highest BCUT2D eigenvalue weighted by molar-refractivity contribution is 5.91. The molecule has 116 valence electrons. The summed E-state index contributed by atoms with van der Waals surface area (Å²) < 4.78 is 6.51. The molecular weight excluding hydrogens is 282 g/mol. The van der Waals surface area contributed by atoms with Crippen molar-refractivity contribution in [1.29, 1.82) is 0 Å². The number of rotatable bonds is 4. The zero-order chi connectivity index (χ0) is 16.3. The third kappa shape index (κ3) is 3.09. The first kappa shape index (κ1) is 15.6. The van der Waals surface area contributed by atoms with Crippen molar-refractivity contribution in [3.05, 3.63) is 53.7 Å². The minimum atomic E-state index is -0.418. The zero-order valence-corrected chi connectivity index (χ0v) is 12.8. The summed E-state index contributed by atoms with van der Waals surface area (Å²) in [7, 11) is 3.18. The van der Waals surface area contributed by atoms with E-state index in [1.54, 1.807) is 41.5 Å². The van der Waals surface area contributed by atoms with E-state index in [4.69, 9.17) is 16.3 Å². The Morgan fingerprint density at radius 2 is 2.18 bits per heavy atom. The molecule has 0 saturated carbocycles. The molecule has 0 atom stereocenters. The largest absolute Gasteiger partial charge is 0.465 e. The van der Waals surface area contributed by atoms with Crippen LogP contribution in [0.25, 0.3) is 5.70 Å². The number of aryl methyl sites for hydroxylation is 2. The molecule has 1 heterocycles. The van der Waals surface area contributed by atoms with Gasteiger partial charge >= 0.3 is 5.97 Å². The van der Waals surface area contributed by atoms with Crippen molar-refractivity contribution >= 4 is 17.4 Å². The molecule has 0 saturated heterocycles. The Hall–Kier alpha value is -2.80. The van der Waals surface area contributed by atoms with Gasteiger partial charge in [-0.25, -0.2) is 15.6 Å². The van der Waals surface area contributed by atoms with Gasteiger partial charge in [-0.1, -0.05) is 6.07 Å². The third-order valence-electron chi connectivity index (χ3n) is 3.30. The zero-order valence-electron chi connectivity index (χ0n) is 12.8. The minimum absolute atomic E-state index is 0.418. The van der Waals surface area contributed by atoms with Crippen LogP contribution in [-0.2, 0) is 11.8 Å². The number of aromatic nitrogens is 2. The van der Waals surface area contributed by atoms with Gasteiger partial charge in [-0.2, -0.15) is 0 Å². The van der Waals surface area contributed by atoms with E-state index < -0.39 is 5.97 Å². The SMILES string of the molecule is COC(=O)c1ccc(C)c(N(N)/C=C(\N)c2cncn2C)c1. The first-order valence-electron chi connectivity index (χ1n) is 6.61. The number of carbonyl (C=O) groups excluding carboxylic acids is 1. The Morgan fingerprint density at radius 3 is 2.77 bits per heavy atom. The molecule has 1 aromatic carbocycles. The fraction of sp³-hybridized carbons (Fsp3) is 0.200. The van der Waals surface area contributed by atoms with Gasteiger partial charge in [0.15, 0.2) is 0 Å². The smallest absolute Gasteiger partial charge is 0.337 e. The number of hydrogen-bond acceptors (Lipinski definition) is 6. The molecule has 0 radical (unpaired) electrons.